The molecule has 0 aromatic heterocycles. The second kappa shape index (κ2) is 10.2. The predicted molar refractivity (Wildman–Crippen MR) is 65.0 cm³/mol. The van der Waals surface area contributed by atoms with Gasteiger partial charge in [-0.15, -0.1) is 0 Å². The van der Waals surface area contributed by atoms with Gasteiger partial charge in [-0.05, 0) is 12.8 Å². The molecular formula is C13H20O3. The van der Waals surface area contributed by atoms with Crippen molar-refractivity contribution in [2.45, 2.75) is 32.3 Å². The van der Waals surface area contributed by atoms with Crippen LogP contribution in [0.5, 0.6) is 0 Å². The summed E-state index contributed by atoms with van der Waals surface area (Å²) in [5, 5.41) is 9.36. The molecular weight excluding hydrogens is 204 g/mol. The fraction of sp³-hybridized carbons (Fsp3) is 0.462. The highest BCUT2D eigenvalue weighted by molar-refractivity contribution is 5.70. The average Bonchev–Trinajstić information content (AvgIpc) is 2.27. The number of ether oxygens (including phenoxy) is 1. The minimum Gasteiger partial charge on any atom is -0.469 e. The molecule has 0 spiro atoms. The Hall–Kier alpha value is -1.35. The quantitative estimate of drug-likeness (QED) is 0.410. The molecule has 0 aliphatic rings. The molecule has 16 heavy (non-hydrogen) atoms. The lowest BCUT2D eigenvalue weighted by molar-refractivity contribution is -0.142. The summed E-state index contributed by atoms with van der Waals surface area (Å²) in [6.07, 6.45) is 12.4. The minimum absolute atomic E-state index is 0.00340. The zero-order chi connectivity index (χ0) is 12.2. The van der Waals surface area contributed by atoms with Crippen molar-refractivity contribution in [1.82, 2.24) is 0 Å². The molecule has 0 saturated carbocycles. The number of aliphatic hydroxyl groups excluding tert-OH is 1. The number of carbonyl (C=O) groups is 1. The van der Waals surface area contributed by atoms with Crippen molar-refractivity contribution in [1.29, 1.82) is 0 Å². The topological polar surface area (TPSA) is 46.5 Å². The largest absolute Gasteiger partial charge is 0.469 e. The molecule has 0 rings (SSSR count). The van der Waals surface area contributed by atoms with E-state index in [4.69, 9.17) is 0 Å². The number of hydrogen-bond donors (Lipinski definition) is 1. The molecule has 3 heteroatoms. The number of esters is 1. The number of hydrogen-bond acceptors (Lipinski definition) is 3. The summed E-state index contributed by atoms with van der Waals surface area (Å²) >= 11 is 0. The van der Waals surface area contributed by atoms with Crippen LogP contribution in [0, 0.1) is 0 Å². The van der Waals surface area contributed by atoms with Gasteiger partial charge in [-0.3, -0.25) is 4.79 Å². The molecule has 0 heterocycles. The Morgan fingerprint density at radius 3 is 2.69 bits per heavy atom. The van der Waals surface area contributed by atoms with E-state index in [9.17, 15) is 9.90 Å². The summed E-state index contributed by atoms with van der Waals surface area (Å²) in [5.41, 5.74) is 0. The van der Waals surface area contributed by atoms with Gasteiger partial charge >= 0.3 is 5.97 Å². The number of aliphatic hydroxyl groups is 1. The van der Waals surface area contributed by atoms with Crippen molar-refractivity contribution in [2.24, 2.45) is 0 Å². The average molecular weight is 224 g/mol. The van der Waals surface area contributed by atoms with Gasteiger partial charge in [0.05, 0.1) is 19.6 Å². The highest BCUT2D eigenvalue weighted by Gasteiger charge is 2.06. The van der Waals surface area contributed by atoms with E-state index < -0.39 is 12.1 Å². The van der Waals surface area contributed by atoms with Gasteiger partial charge in [0.2, 0.25) is 0 Å². The summed E-state index contributed by atoms with van der Waals surface area (Å²) in [6, 6.07) is 0. The summed E-state index contributed by atoms with van der Waals surface area (Å²) in [5.74, 6) is -0.410. The number of rotatable bonds is 7. The van der Waals surface area contributed by atoms with E-state index in [0.717, 1.165) is 12.8 Å². The number of carbonyl (C=O) groups excluding carboxylic acids is 1. The second-order valence-corrected chi connectivity index (χ2v) is 3.28. The molecule has 0 amide bonds. The van der Waals surface area contributed by atoms with Gasteiger partial charge in [0.15, 0.2) is 0 Å². The summed E-state index contributed by atoms with van der Waals surface area (Å²) in [4.78, 5) is 10.8. The Morgan fingerprint density at radius 2 is 2.06 bits per heavy atom. The molecule has 0 aromatic rings. The van der Waals surface area contributed by atoms with Crippen LogP contribution in [0.4, 0.5) is 0 Å². The Morgan fingerprint density at radius 1 is 1.31 bits per heavy atom. The smallest absolute Gasteiger partial charge is 0.308 e. The summed E-state index contributed by atoms with van der Waals surface area (Å²) in [6.45, 7) is 2.09. The molecule has 0 aliphatic carbocycles. The third-order valence-electron chi connectivity index (χ3n) is 1.86. The SMILES string of the molecule is CCC=CCC=CC=CC(O)CC(=O)OC. The van der Waals surface area contributed by atoms with Gasteiger partial charge in [-0.25, -0.2) is 0 Å². The van der Waals surface area contributed by atoms with E-state index in [0.29, 0.717) is 0 Å². The van der Waals surface area contributed by atoms with Crippen LogP contribution in [0.15, 0.2) is 36.5 Å². The Balaban J connectivity index is 3.73. The molecule has 3 nitrogen and oxygen atoms in total. The maximum absolute atomic E-state index is 10.8. The van der Waals surface area contributed by atoms with Crippen molar-refractivity contribution in [3.05, 3.63) is 36.5 Å². The molecule has 0 radical (unpaired) electrons. The highest BCUT2D eigenvalue weighted by atomic mass is 16.5. The molecule has 1 atom stereocenters. The predicted octanol–water partition coefficient (Wildman–Crippen LogP) is 2.38. The van der Waals surface area contributed by atoms with Crippen LogP contribution in [0.1, 0.15) is 26.2 Å². The van der Waals surface area contributed by atoms with E-state index in [1.54, 1.807) is 12.2 Å². The van der Waals surface area contributed by atoms with E-state index >= 15 is 0 Å². The van der Waals surface area contributed by atoms with Gasteiger partial charge in [0.1, 0.15) is 0 Å². The first-order chi connectivity index (χ1) is 7.70. The van der Waals surface area contributed by atoms with Gasteiger partial charge in [0, 0.05) is 0 Å². The zero-order valence-corrected chi connectivity index (χ0v) is 9.93. The van der Waals surface area contributed by atoms with Gasteiger partial charge < -0.3 is 9.84 Å². The number of allylic oxidation sites excluding steroid dienone is 5. The Kier molecular flexibility index (Phi) is 9.32. The van der Waals surface area contributed by atoms with E-state index in [1.807, 2.05) is 12.2 Å². The molecule has 0 saturated heterocycles. The monoisotopic (exact) mass is 224 g/mol. The second-order valence-electron chi connectivity index (χ2n) is 3.28. The summed E-state index contributed by atoms with van der Waals surface area (Å²) < 4.78 is 4.43. The number of methoxy groups -OCH3 is 1. The standard InChI is InChI=1S/C13H20O3/c1-3-4-5-6-7-8-9-10-12(14)11-13(15)16-2/h4-5,7-10,12,14H,3,6,11H2,1-2H3. The van der Waals surface area contributed by atoms with Crippen LogP contribution in [0.25, 0.3) is 0 Å². The van der Waals surface area contributed by atoms with Crippen LogP contribution in [-0.2, 0) is 9.53 Å². The molecule has 1 N–H and O–H groups in total. The molecule has 0 bridgehead atoms. The fourth-order valence-corrected chi connectivity index (χ4v) is 1.01. The lowest BCUT2D eigenvalue weighted by Crippen LogP contribution is -2.11. The van der Waals surface area contributed by atoms with Crippen molar-refractivity contribution >= 4 is 5.97 Å². The molecule has 1 unspecified atom stereocenters. The minimum atomic E-state index is -0.775. The highest BCUT2D eigenvalue weighted by Crippen LogP contribution is 1.96. The van der Waals surface area contributed by atoms with E-state index in [1.165, 1.54) is 7.11 Å². The molecule has 0 aliphatic heterocycles. The van der Waals surface area contributed by atoms with Gasteiger partial charge in [0.25, 0.3) is 0 Å². The maximum atomic E-state index is 10.8. The zero-order valence-electron chi connectivity index (χ0n) is 9.93. The van der Waals surface area contributed by atoms with E-state index in [2.05, 4.69) is 23.8 Å². The van der Waals surface area contributed by atoms with Crippen molar-refractivity contribution in [3.63, 3.8) is 0 Å². The van der Waals surface area contributed by atoms with Crippen molar-refractivity contribution in [3.8, 4) is 0 Å². The van der Waals surface area contributed by atoms with Crippen LogP contribution >= 0.6 is 0 Å². The molecule has 0 fully saturated rings. The van der Waals surface area contributed by atoms with Crippen LogP contribution in [0.2, 0.25) is 0 Å². The Bertz CT molecular complexity index is 264. The lowest BCUT2D eigenvalue weighted by Gasteiger charge is -2.01. The maximum Gasteiger partial charge on any atom is 0.308 e. The van der Waals surface area contributed by atoms with Crippen molar-refractivity contribution < 1.29 is 14.6 Å². The van der Waals surface area contributed by atoms with Crippen LogP contribution in [0.3, 0.4) is 0 Å². The first-order valence-electron chi connectivity index (χ1n) is 5.44. The lowest BCUT2D eigenvalue weighted by atomic mass is 10.2. The van der Waals surface area contributed by atoms with Crippen LogP contribution in [-0.4, -0.2) is 24.3 Å². The first kappa shape index (κ1) is 14.6. The van der Waals surface area contributed by atoms with Crippen LogP contribution < -0.4 is 0 Å². The third kappa shape index (κ3) is 9.21. The first-order valence-corrected chi connectivity index (χ1v) is 5.44. The molecule has 0 aromatic carbocycles. The summed E-state index contributed by atoms with van der Waals surface area (Å²) in [7, 11) is 1.30. The fourth-order valence-electron chi connectivity index (χ4n) is 1.01. The normalized spacial score (nSPS) is 13.9. The van der Waals surface area contributed by atoms with Gasteiger partial charge in [-0.2, -0.15) is 0 Å². The van der Waals surface area contributed by atoms with Gasteiger partial charge in [-0.1, -0.05) is 43.4 Å². The molecule has 90 valence electrons. The van der Waals surface area contributed by atoms with E-state index in [-0.39, 0.29) is 6.42 Å². The van der Waals surface area contributed by atoms with Crippen molar-refractivity contribution in [2.75, 3.05) is 7.11 Å². The third-order valence-corrected chi connectivity index (χ3v) is 1.86. The Labute approximate surface area is 97.1 Å².